The molecule has 6 heteroatoms. The largest absolute Gasteiger partial charge is 0.312 e. The number of aromatic amines is 1. The SMILES string of the molecule is CN(C)CC(C)(C)CNCc1cc2c(C(C)(C)C)nn(-c3ccccc3)c2[nH]c1=O. The van der Waals surface area contributed by atoms with Gasteiger partial charge in [0.1, 0.15) is 5.65 Å². The molecule has 0 bridgehead atoms. The van der Waals surface area contributed by atoms with Gasteiger partial charge in [-0.2, -0.15) is 5.10 Å². The van der Waals surface area contributed by atoms with Crippen LogP contribution in [0.15, 0.2) is 41.2 Å². The molecule has 0 spiro atoms. The summed E-state index contributed by atoms with van der Waals surface area (Å²) in [6.45, 7) is 13.3. The van der Waals surface area contributed by atoms with E-state index in [0.29, 0.717) is 6.54 Å². The Morgan fingerprint density at radius 2 is 1.77 bits per heavy atom. The molecule has 0 aliphatic rings. The van der Waals surface area contributed by atoms with Crippen molar-refractivity contribution in [2.24, 2.45) is 5.41 Å². The molecule has 2 heterocycles. The highest BCUT2D eigenvalue weighted by atomic mass is 16.1. The lowest BCUT2D eigenvalue weighted by Gasteiger charge is -2.28. The summed E-state index contributed by atoms with van der Waals surface area (Å²) in [5.74, 6) is 0. The highest BCUT2D eigenvalue weighted by Gasteiger charge is 2.24. The molecular weight excluding hydrogens is 374 g/mol. The van der Waals surface area contributed by atoms with Crippen molar-refractivity contribution in [3.05, 3.63) is 58.0 Å². The number of fused-ring (bicyclic) bond motifs is 1. The van der Waals surface area contributed by atoms with Crippen molar-refractivity contribution in [1.29, 1.82) is 0 Å². The number of para-hydroxylation sites is 1. The molecule has 3 rings (SSSR count). The Morgan fingerprint density at radius 1 is 1.10 bits per heavy atom. The Hall–Kier alpha value is -2.44. The smallest absolute Gasteiger partial charge is 0.254 e. The standard InChI is InChI=1S/C24H35N5O/c1-23(2,3)20-19-13-17(14-25-15-24(4,5)16-28(6)7)22(30)26-21(19)29(27-20)18-11-9-8-10-12-18/h8-13,25H,14-16H2,1-7H3,(H,26,30). The summed E-state index contributed by atoms with van der Waals surface area (Å²) in [5, 5.41) is 9.36. The number of hydrogen-bond donors (Lipinski definition) is 2. The van der Waals surface area contributed by atoms with Gasteiger partial charge < -0.3 is 15.2 Å². The zero-order chi connectivity index (χ0) is 22.1. The average molecular weight is 410 g/mol. The maximum atomic E-state index is 12.9. The molecule has 3 aromatic rings. The zero-order valence-electron chi connectivity index (χ0n) is 19.3. The lowest BCUT2D eigenvalue weighted by molar-refractivity contribution is 0.232. The summed E-state index contributed by atoms with van der Waals surface area (Å²) in [7, 11) is 4.16. The third-order valence-electron chi connectivity index (χ3n) is 5.14. The van der Waals surface area contributed by atoms with Gasteiger partial charge >= 0.3 is 0 Å². The van der Waals surface area contributed by atoms with Gasteiger partial charge in [-0.05, 0) is 37.7 Å². The van der Waals surface area contributed by atoms with Crippen LogP contribution in [0.3, 0.4) is 0 Å². The second-order valence-electron chi connectivity index (χ2n) is 10.2. The highest BCUT2D eigenvalue weighted by molar-refractivity contribution is 5.81. The number of H-pyrrole nitrogens is 1. The van der Waals surface area contributed by atoms with Crippen LogP contribution >= 0.6 is 0 Å². The van der Waals surface area contributed by atoms with E-state index >= 15 is 0 Å². The van der Waals surface area contributed by atoms with E-state index in [-0.39, 0.29) is 16.4 Å². The third kappa shape index (κ3) is 4.99. The fourth-order valence-electron chi connectivity index (χ4n) is 4.00. The van der Waals surface area contributed by atoms with Gasteiger partial charge in [0.05, 0.1) is 11.4 Å². The van der Waals surface area contributed by atoms with Crippen LogP contribution in [0.25, 0.3) is 16.7 Å². The topological polar surface area (TPSA) is 66.0 Å². The predicted molar refractivity (Wildman–Crippen MR) is 124 cm³/mol. The maximum absolute atomic E-state index is 12.9. The van der Waals surface area contributed by atoms with E-state index in [9.17, 15) is 4.79 Å². The van der Waals surface area contributed by atoms with E-state index < -0.39 is 0 Å². The van der Waals surface area contributed by atoms with Crippen LogP contribution in [0, 0.1) is 5.41 Å². The van der Waals surface area contributed by atoms with Gasteiger partial charge in [0.15, 0.2) is 0 Å². The molecule has 1 aromatic carbocycles. The van der Waals surface area contributed by atoms with E-state index in [0.717, 1.165) is 41.1 Å². The molecule has 0 fully saturated rings. The second-order valence-corrected chi connectivity index (χ2v) is 10.2. The summed E-state index contributed by atoms with van der Waals surface area (Å²) in [6, 6.07) is 11.9. The van der Waals surface area contributed by atoms with Crippen molar-refractivity contribution in [3.63, 3.8) is 0 Å². The summed E-state index contributed by atoms with van der Waals surface area (Å²) >= 11 is 0. The molecular formula is C24H35N5O. The lowest BCUT2D eigenvalue weighted by atomic mass is 9.90. The van der Waals surface area contributed by atoms with Gasteiger partial charge in [-0.1, -0.05) is 52.8 Å². The molecule has 30 heavy (non-hydrogen) atoms. The van der Waals surface area contributed by atoms with E-state index in [1.807, 2.05) is 41.1 Å². The fraction of sp³-hybridized carbons (Fsp3) is 0.500. The fourth-order valence-corrected chi connectivity index (χ4v) is 4.00. The van der Waals surface area contributed by atoms with E-state index in [1.54, 1.807) is 0 Å². The van der Waals surface area contributed by atoms with Crippen molar-refractivity contribution in [1.82, 2.24) is 25.0 Å². The van der Waals surface area contributed by atoms with Crippen LogP contribution in [0.5, 0.6) is 0 Å². The van der Waals surface area contributed by atoms with Crippen LogP contribution in [0.1, 0.15) is 45.9 Å². The minimum atomic E-state index is -0.144. The van der Waals surface area contributed by atoms with Crippen LogP contribution < -0.4 is 10.9 Å². The molecule has 2 N–H and O–H groups in total. The summed E-state index contributed by atoms with van der Waals surface area (Å²) in [6.07, 6.45) is 0. The second kappa shape index (κ2) is 8.36. The van der Waals surface area contributed by atoms with Crippen LogP contribution in [-0.4, -0.2) is 46.8 Å². The highest BCUT2D eigenvalue weighted by Crippen LogP contribution is 2.29. The van der Waals surface area contributed by atoms with E-state index in [1.165, 1.54) is 0 Å². The summed E-state index contributed by atoms with van der Waals surface area (Å²) in [5.41, 5.74) is 3.30. The van der Waals surface area contributed by atoms with Crippen LogP contribution in [-0.2, 0) is 12.0 Å². The van der Waals surface area contributed by atoms with Gasteiger partial charge in [0, 0.05) is 36.0 Å². The molecule has 0 aliphatic heterocycles. The first kappa shape index (κ1) is 22.2. The van der Waals surface area contributed by atoms with Crippen molar-refractivity contribution >= 4 is 11.0 Å². The minimum Gasteiger partial charge on any atom is -0.312 e. The van der Waals surface area contributed by atoms with Crippen molar-refractivity contribution in [3.8, 4) is 5.69 Å². The van der Waals surface area contributed by atoms with Crippen LogP contribution in [0.4, 0.5) is 0 Å². The molecule has 2 aromatic heterocycles. The van der Waals surface area contributed by atoms with Crippen molar-refractivity contribution in [2.45, 2.75) is 46.6 Å². The van der Waals surface area contributed by atoms with Gasteiger partial charge in [0.25, 0.3) is 5.56 Å². The van der Waals surface area contributed by atoms with Crippen molar-refractivity contribution in [2.75, 3.05) is 27.2 Å². The number of hydrogen-bond acceptors (Lipinski definition) is 4. The maximum Gasteiger partial charge on any atom is 0.254 e. The zero-order valence-corrected chi connectivity index (χ0v) is 19.3. The molecule has 0 amide bonds. The average Bonchev–Trinajstić information content (AvgIpc) is 3.00. The first-order valence-electron chi connectivity index (χ1n) is 10.5. The van der Waals surface area contributed by atoms with Crippen molar-refractivity contribution < 1.29 is 0 Å². The minimum absolute atomic E-state index is 0.0713. The number of pyridine rings is 1. The first-order chi connectivity index (χ1) is 14.0. The normalized spacial score (nSPS) is 12.8. The predicted octanol–water partition coefficient (Wildman–Crippen LogP) is 3.69. The Bertz CT molecular complexity index is 1050. The quantitative estimate of drug-likeness (QED) is 0.625. The Labute approximate surface area is 179 Å². The lowest BCUT2D eigenvalue weighted by Crippen LogP contribution is -2.38. The third-order valence-corrected chi connectivity index (χ3v) is 5.14. The van der Waals surface area contributed by atoms with E-state index in [2.05, 4.69) is 63.9 Å². The van der Waals surface area contributed by atoms with Gasteiger partial charge in [0.2, 0.25) is 0 Å². The summed E-state index contributed by atoms with van der Waals surface area (Å²) in [4.78, 5) is 18.1. The van der Waals surface area contributed by atoms with Gasteiger partial charge in [-0.15, -0.1) is 0 Å². The molecule has 0 radical (unpaired) electrons. The Kier molecular flexibility index (Phi) is 6.20. The first-order valence-corrected chi connectivity index (χ1v) is 10.5. The van der Waals surface area contributed by atoms with Gasteiger partial charge in [-0.25, -0.2) is 4.68 Å². The van der Waals surface area contributed by atoms with Gasteiger partial charge in [-0.3, -0.25) is 4.79 Å². The number of rotatable bonds is 7. The molecule has 0 atom stereocenters. The molecule has 162 valence electrons. The molecule has 0 saturated carbocycles. The monoisotopic (exact) mass is 409 g/mol. The molecule has 0 saturated heterocycles. The molecule has 0 unspecified atom stereocenters. The number of aromatic nitrogens is 3. The summed E-state index contributed by atoms with van der Waals surface area (Å²) < 4.78 is 1.84. The Balaban J connectivity index is 1.97. The Morgan fingerprint density at radius 3 is 2.37 bits per heavy atom. The molecule has 6 nitrogen and oxygen atoms in total. The number of nitrogens with one attached hydrogen (secondary N) is 2. The number of benzene rings is 1. The number of nitrogens with zero attached hydrogens (tertiary/aromatic N) is 3. The van der Waals surface area contributed by atoms with E-state index in [4.69, 9.17) is 5.10 Å². The van der Waals surface area contributed by atoms with Crippen LogP contribution in [0.2, 0.25) is 0 Å². The molecule has 0 aliphatic carbocycles.